The van der Waals surface area contributed by atoms with Crippen molar-refractivity contribution in [2.75, 3.05) is 0 Å². The van der Waals surface area contributed by atoms with Gasteiger partial charge in [-0.3, -0.25) is 4.98 Å². The minimum Gasteiger partial charge on any atom is -0.253 e. The fourth-order valence-electron chi connectivity index (χ4n) is 3.28. The number of hydrogen-bond acceptors (Lipinski definition) is 1. The van der Waals surface area contributed by atoms with E-state index in [9.17, 15) is 0 Å². The molecule has 0 atom stereocenters. The lowest BCUT2D eigenvalue weighted by molar-refractivity contribution is 0.339. The fourth-order valence-corrected chi connectivity index (χ4v) is 3.28. The molecule has 0 spiro atoms. The van der Waals surface area contributed by atoms with Crippen LogP contribution in [-0.4, -0.2) is 4.98 Å². The van der Waals surface area contributed by atoms with Gasteiger partial charge in [-0.15, -0.1) is 0 Å². The maximum absolute atomic E-state index is 4.57. The topological polar surface area (TPSA) is 12.9 Å². The van der Waals surface area contributed by atoms with Gasteiger partial charge in [0.2, 0.25) is 0 Å². The van der Waals surface area contributed by atoms with Gasteiger partial charge in [0.1, 0.15) is 0 Å². The van der Waals surface area contributed by atoms with Crippen molar-refractivity contribution in [3.8, 4) is 0 Å². The van der Waals surface area contributed by atoms with Crippen molar-refractivity contribution in [3.05, 3.63) is 41.6 Å². The smallest absolute Gasteiger partial charge is 0.0705 e. The summed E-state index contributed by atoms with van der Waals surface area (Å²) in [6, 6.07) is 11.1. The zero-order chi connectivity index (χ0) is 13.1. The Balaban J connectivity index is 1.69. The molecule has 0 unspecified atom stereocenters. The largest absolute Gasteiger partial charge is 0.253 e. The molecule has 2 aromatic rings. The average Bonchev–Trinajstić information content (AvgIpc) is 2.46. The lowest BCUT2D eigenvalue weighted by Gasteiger charge is -2.21. The Morgan fingerprint density at radius 1 is 1.05 bits per heavy atom. The van der Waals surface area contributed by atoms with Crippen molar-refractivity contribution in [2.45, 2.75) is 51.9 Å². The van der Waals surface area contributed by atoms with Crippen LogP contribution in [0.5, 0.6) is 0 Å². The molecule has 0 saturated heterocycles. The van der Waals surface area contributed by atoms with Crippen molar-refractivity contribution in [1.29, 1.82) is 0 Å². The number of pyridine rings is 1. The molecule has 0 radical (unpaired) electrons. The highest BCUT2D eigenvalue weighted by molar-refractivity contribution is 5.79. The molecule has 0 bridgehead atoms. The highest BCUT2D eigenvalue weighted by atomic mass is 14.7. The summed E-state index contributed by atoms with van der Waals surface area (Å²) >= 11 is 0. The van der Waals surface area contributed by atoms with Crippen LogP contribution in [0.1, 0.15) is 49.8 Å². The molecule has 0 N–H and O–H groups in total. The molecule has 1 aliphatic carbocycles. The van der Waals surface area contributed by atoms with Crippen molar-refractivity contribution in [3.63, 3.8) is 0 Å². The third-order valence-electron chi connectivity index (χ3n) is 4.46. The predicted molar refractivity (Wildman–Crippen MR) is 81.4 cm³/mol. The number of aromatic nitrogens is 1. The second-order valence-corrected chi connectivity index (χ2v) is 6.02. The van der Waals surface area contributed by atoms with Crippen molar-refractivity contribution in [1.82, 2.24) is 4.98 Å². The van der Waals surface area contributed by atoms with Crippen molar-refractivity contribution >= 4 is 10.9 Å². The average molecular weight is 253 g/mol. The van der Waals surface area contributed by atoms with Gasteiger partial charge in [0, 0.05) is 11.1 Å². The van der Waals surface area contributed by atoms with Crippen LogP contribution in [-0.2, 0) is 6.42 Å². The van der Waals surface area contributed by atoms with Gasteiger partial charge in [0.15, 0.2) is 0 Å². The molecule has 19 heavy (non-hydrogen) atoms. The summed E-state index contributed by atoms with van der Waals surface area (Å²) in [5.74, 6) is 0.973. The van der Waals surface area contributed by atoms with E-state index in [-0.39, 0.29) is 0 Å². The lowest BCUT2D eigenvalue weighted by Crippen LogP contribution is -2.07. The molecule has 0 aliphatic heterocycles. The SMILES string of the molecule is Cc1ccc2cc(CCC3CCCCC3)ccc2n1. The standard InChI is InChI=1S/C18H23N/c1-14-7-11-17-13-16(10-12-18(17)19-14)9-8-15-5-3-2-4-6-15/h7,10-13,15H,2-6,8-9H2,1H3. The van der Waals surface area contributed by atoms with E-state index in [1.807, 2.05) is 0 Å². The number of rotatable bonds is 3. The molecular formula is C18H23N. The first-order valence-corrected chi connectivity index (χ1v) is 7.67. The van der Waals surface area contributed by atoms with Gasteiger partial charge in [0.05, 0.1) is 5.52 Å². The third kappa shape index (κ3) is 3.15. The molecule has 1 aromatic carbocycles. The van der Waals surface area contributed by atoms with Gasteiger partial charge >= 0.3 is 0 Å². The quantitative estimate of drug-likeness (QED) is 0.745. The maximum Gasteiger partial charge on any atom is 0.0705 e. The van der Waals surface area contributed by atoms with E-state index in [1.54, 1.807) is 0 Å². The molecule has 1 aliphatic rings. The Morgan fingerprint density at radius 2 is 1.89 bits per heavy atom. The summed E-state index contributed by atoms with van der Waals surface area (Å²) in [5.41, 5.74) is 3.70. The summed E-state index contributed by atoms with van der Waals surface area (Å²) in [6.07, 6.45) is 9.86. The zero-order valence-electron chi connectivity index (χ0n) is 11.9. The van der Waals surface area contributed by atoms with E-state index < -0.39 is 0 Å². The van der Waals surface area contributed by atoms with Crippen LogP contribution < -0.4 is 0 Å². The molecule has 3 rings (SSSR count). The van der Waals surface area contributed by atoms with Gasteiger partial charge in [-0.25, -0.2) is 0 Å². The third-order valence-corrected chi connectivity index (χ3v) is 4.46. The molecule has 0 amide bonds. The Kier molecular flexibility index (Phi) is 3.82. The van der Waals surface area contributed by atoms with Crippen LogP contribution in [0.4, 0.5) is 0 Å². The first-order valence-electron chi connectivity index (χ1n) is 7.67. The first kappa shape index (κ1) is 12.7. The van der Waals surface area contributed by atoms with Crippen LogP contribution >= 0.6 is 0 Å². The molecular weight excluding hydrogens is 230 g/mol. The Bertz CT molecular complexity index is 553. The van der Waals surface area contributed by atoms with Gasteiger partial charge in [-0.05, 0) is 49.4 Å². The van der Waals surface area contributed by atoms with E-state index in [2.05, 4.69) is 42.2 Å². The second kappa shape index (κ2) is 5.73. The fraction of sp³-hybridized carbons (Fsp3) is 0.500. The number of fused-ring (bicyclic) bond motifs is 1. The van der Waals surface area contributed by atoms with Gasteiger partial charge in [0.25, 0.3) is 0 Å². The number of aryl methyl sites for hydroxylation is 2. The normalized spacial score (nSPS) is 16.9. The molecule has 1 aromatic heterocycles. The summed E-state index contributed by atoms with van der Waals surface area (Å²) in [7, 11) is 0. The molecule has 1 saturated carbocycles. The highest BCUT2D eigenvalue weighted by Gasteiger charge is 2.13. The monoisotopic (exact) mass is 253 g/mol. The summed E-state index contributed by atoms with van der Waals surface area (Å²) in [5, 5.41) is 1.28. The van der Waals surface area contributed by atoms with Crippen LogP contribution in [0.2, 0.25) is 0 Å². The Hall–Kier alpha value is -1.37. The van der Waals surface area contributed by atoms with E-state index >= 15 is 0 Å². The van der Waals surface area contributed by atoms with E-state index in [0.717, 1.165) is 17.1 Å². The van der Waals surface area contributed by atoms with Crippen molar-refractivity contribution in [2.24, 2.45) is 5.92 Å². The van der Waals surface area contributed by atoms with Gasteiger partial charge in [-0.2, -0.15) is 0 Å². The van der Waals surface area contributed by atoms with Gasteiger partial charge in [-0.1, -0.05) is 44.2 Å². The maximum atomic E-state index is 4.57. The minimum atomic E-state index is 0.973. The number of benzene rings is 1. The first-order chi connectivity index (χ1) is 9.31. The number of nitrogens with zero attached hydrogens (tertiary/aromatic N) is 1. The van der Waals surface area contributed by atoms with Gasteiger partial charge < -0.3 is 0 Å². The second-order valence-electron chi connectivity index (χ2n) is 6.02. The molecule has 1 heteroatoms. The minimum absolute atomic E-state index is 0.973. The lowest BCUT2D eigenvalue weighted by atomic mass is 9.85. The van der Waals surface area contributed by atoms with Crippen molar-refractivity contribution < 1.29 is 0 Å². The molecule has 1 heterocycles. The Labute approximate surface area is 116 Å². The Morgan fingerprint density at radius 3 is 2.74 bits per heavy atom. The highest BCUT2D eigenvalue weighted by Crippen LogP contribution is 2.28. The molecule has 1 fully saturated rings. The van der Waals surface area contributed by atoms with Crippen LogP contribution in [0.25, 0.3) is 10.9 Å². The predicted octanol–water partition coefficient (Wildman–Crippen LogP) is 5.06. The van der Waals surface area contributed by atoms with E-state index in [0.29, 0.717) is 0 Å². The van der Waals surface area contributed by atoms with Crippen LogP contribution in [0.3, 0.4) is 0 Å². The van der Waals surface area contributed by atoms with E-state index in [1.165, 1.54) is 55.9 Å². The van der Waals surface area contributed by atoms with Crippen LogP contribution in [0, 0.1) is 12.8 Å². The summed E-state index contributed by atoms with van der Waals surface area (Å²) in [6.45, 7) is 2.05. The number of hydrogen-bond donors (Lipinski definition) is 0. The van der Waals surface area contributed by atoms with Crippen LogP contribution in [0.15, 0.2) is 30.3 Å². The summed E-state index contributed by atoms with van der Waals surface area (Å²) < 4.78 is 0. The van der Waals surface area contributed by atoms with E-state index in [4.69, 9.17) is 0 Å². The molecule has 1 nitrogen and oxygen atoms in total. The summed E-state index contributed by atoms with van der Waals surface area (Å²) in [4.78, 5) is 4.57. The molecule has 100 valence electrons. The zero-order valence-corrected chi connectivity index (χ0v) is 11.9.